The van der Waals surface area contributed by atoms with E-state index in [1.807, 2.05) is 7.11 Å². The van der Waals surface area contributed by atoms with E-state index >= 15 is 0 Å². The number of rotatable bonds is 7. The van der Waals surface area contributed by atoms with Gasteiger partial charge < -0.3 is 4.74 Å². The van der Waals surface area contributed by atoms with Crippen molar-refractivity contribution >= 4 is 20.2 Å². The highest BCUT2D eigenvalue weighted by Gasteiger charge is 2.51. The quantitative estimate of drug-likeness (QED) is 0.149. The minimum atomic E-state index is -2.33. The number of methoxy groups -OCH3 is 1. The van der Waals surface area contributed by atoms with E-state index in [4.69, 9.17) is 4.74 Å². The fourth-order valence-corrected chi connectivity index (χ4v) is 16.9. The van der Waals surface area contributed by atoms with Crippen LogP contribution >= 0.6 is 0 Å². The van der Waals surface area contributed by atoms with Crippen molar-refractivity contribution in [3.8, 4) is 39.1 Å². The average Bonchev–Trinajstić information content (AvgIpc) is 3.83. The Labute approximate surface area is 351 Å². The van der Waals surface area contributed by atoms with Crippen LogP contribution in [0.1, 0.15) is 131 Å². The molecular weight excluding hydrogens is 717 g/mol. The smallest absolute Gasteiger partial charge is 0.131 e. The number of hydrogen-bond acceptors (Lipinski definition) is 1. The minimum absolute atomic E-state index is 0.0959. The van der Waals surface area contributed by atoms with E-state index in [2.05, 4.69) is 169 Å². The molecule has 5 aromatic carbocycles. The molecule has 2 unspecified atom stereocenters. The summed E-state index contributed by atoms with van der Waals surface area (Å²) in [5.74, 6) is 1.45. The number of ether oxygens (including phenoxy) is 1. The van der Waals surface area contributed by atoms with Crippen molar-refractivity contribution in [2.75, 3.05) is 7.11 Å². The molecule has 0 saturated carbocycles. The Morgan fingerprint density at radius 3 is 1.52 bits per heavy atom. The third-order valence-electron chi connectivity index (χ3n) is 13.8. The van der Waals surface area contributed by atoms with E-state index in [1.165, 1.54) is 95.4 Å². The predicted molar refractivity (Wildman–Crippen MR) is 254 cm³/mol. The second-order valence-corrected chi connectivity index (χ2v) is 25.3. The fourth-order valence-electron chi connectivity index (χ4n) is 11.9. The number of aryl methyl sites for hydroxylation is 6. The van der Waals surface area contributed by atoms with E-state index in [-0.39, 0.29) is 5.41 Å². The van der Waals surface area contributed by atoms with Gasteiger partial charge in [-0.3, -0.25) is 0 Å². The summed E-state index contributed by atoms with van der Waals surface area (Å²) < 4.78 is 6.48. The maximum Gasteiger partial charge on any atom is 0.131 e. The van der Waals surface area contributed by atoms with Crippen molar-refractivity contribution < 1.29 is 4.74 Å². The Morgan fingerprint density at radius 2 is 1.05 bits per heavy atom. The maximum atomic E-state index is 6.48. The number of benzene rings is 5. The van der Waals surface area contributed by atoms with Crippen LogP contribution in [0.3, 0.4) is 0 Å². The van der Waals surface area contributed by atoms with Crippen LogP contribution in [-0.2, 0) is 18.3 Å². The molecule has 3 aliphatic rings. The highest BCUT2D eigenvalue weighted by molar-refractivity contribution is 6.82. The second-order valence-electron chi connectivity index (χ2n) is 20.5. The molecule has 58 heavy (non-hydrogen) atoms. The monoisotopic (exact) mass is 782 g/mol. The molecule has 300 valence electrons. The van der Waals surface area contributed by atoms with Crippen molar-refractivity contribution in [2.24, 2.45) is 5.92 Å². The van der Waals surface area contributed by atoms with Gasteiger partial charge in [-0.2, -0.15) is 0 Å². The summed E-state index contributed by atoms with van der Waals surface area (Å²) >= 11 is 0. The van der Waals surface area contributed by atoms with Crippen LogP contribution in [0, 0.1) is 47.5 Å². The van der Waals surface area contributed by atoms with Crippen LogP contribution < -0.4 is 4.74 Å². The molecule has 0 bridgehead atoms. The summed E-state index contributed by atoms with van der Waals surface area (Å²) in [5.41, 5.74) is 30.7. The van der Waals surface area contributed by atoms with Crippen molar-refractivity contribution in [1.29, 1.82) is 0 Å². The summed E-state index contributed by atoms with van der Waals surface area (Å²) in [6.07, 6.45) is 8.78. The van der Waals surface area contributed by atoms with Gasteiger partial charge in [-0.05, 0) is 140 Å². The topological polar surface area (TPSA) is 9.23 Å². The number of hydrogen-bond donors (Lipinski definition) is 0. The highest BCUT2D eigenvalue weighted by atomic mass is 28.3. The van der Waals surface area contributed by atoms with E-state index in [1.54, 1.807) is 27.8 Å². The van der Waals surface area contributed by atoms with E-state index < -0.39 is 8.07 Å². The summed E-state index contributed by atoms with van der Waals surface area (Å²) in [6.45, 7) is 33.5. The van der Waals surface area contributed by atoms with Crippen LogP contribution in [0.25, 0.3) is 45.5 Å². The molecular formula is C56H66OSi. The van der Waals surface area contributed by atoms with Crippen molar-refractivity contribution in [3.63, 3.8) is 0 Å². The van der Waals surface area contributed by atoms with Gasteiger partial charge in [0.1, 0.15) is 5.75 Å². The third-order valence-corrected chi connectivity index (χ3v) is 18.1. The van der Waals surface area contributed by atoms with Gasteiger partial charge >= 0.3 is 0 Å². The molecule has 2 heteroatoms. The SMILES string of the molecule is COc1c(C(C)(C)C)cc2c(c1-c1cc(C)cc(C)c1)C=C(C)C2[Si](C)(C)C1C(C(C)C)=Cc2c(-c3cc(C)cc(C)c3)c3c(c(-c4cc(C)cc(C)c4)c21)CCC3. The molecule has 0 radical (unpaired) electrons. The zero-order valence-corrected chi connectivity index (χ0v) is 39.2. The van der Waals surface area contributed by atoms with Gasteiger partial charge in [0.25, 0.3) is 0 Å². The molecule has 0 spiro atoms. The van der Waals surface area contributed by atoms with Crippen molar-refractivity contribution in [1.82, 2.24) is 0 Å². The fraction of sp³-hybridized carbons (Fsp3) is 0.393. The standard InChI is InChI=1S/C56H66OSi/c1-31(2)44-29-47-49(39-22-32(3)19-33(4)23-39)42-17-16-18-43(42)50(40-24-34(5)20-35(6)25-40)52(47)55(44)58(14,15)54-38(9)28-45-46(54)30-48(56(10,11)12)53(57-13)51(45)41-26-36(7)21-37(8)27-41/h19-31,54-55H,16-18H2,1-15H3. The Hall–Kier alpha value is -4.40. The average molecular weight is 783 g/mol. The predicted octanol–water partition coefficient (Wildman–Crippen LogP) is 15.5. The van der Waals surface area contributed by atoms with Gasteiger partial charge in [-0.1, -0.05) is 165 Å². The lowest BCUT2D eigenvalue weighted by Gasteiger charge is -2.42. The summed E-state index contributed by atoms with van der Waals surface area (Å²) in [4.78, 5) is 0. The lowest BCUT2D eigenvalue weighted by atomic mass is 9.81. The lowest BCUT2D eigenvalue weighted by Crippen LogP contribution is -2.43. The number of allylic oxidation sites excluding steroid dienone is 2. The first-order chi connectivity index (χ1) is 27.3. The molecule has 0 saturated heterocycles. The molecule has 0 fully saturated rings. The minimum Gasteiger partial charge on any atom is -0.496 e. The van der Waals surface area contributed by atoms with E-state index in [9.17, 15) is 0 Å². The summed E-state index contributed by atoms with van der Waals surface area (Å²) in [7, 11) is -0.456. The summed E-state index contributed by atoms with van der Waals surface area (Å²) in [6, 6.07) is 24.2. The zero-order chi connectivity index (χ0) is 41.7. The number of fused-ring (bicyclic) bond motifs is 3. The second kappa shape index (κ2) is 14.4. The van der Waals surface area contributed by atoms with Crippen LogP contribution in [0.2, 0.25) is 13.1 Å². The molecule has 0 heterocycles. The van der Waals surface area contributed by atoms with Crippen molar-refractivity contribution in [2.45, 2.75) is 132 Å². The van der Waals surface area contributed by atoms with Gasteiger partial charge in [0.05, 0.1) is 15.2 Å². The molecule has 0 aromatic heterocycles. The normalized spacial score (nSPS) is 17.4. The van der Waals surface area contributed by atoms with E-state index in [0.29, 0.717) is 17.0 Å². The first-order valence-electron chi connectivity index (χ1n) is 21.9. The Balaban J connectivity index is 1.46. The maximum absolute atomic E-state index is 6.48. The molecule has 0 amide bonds. The van der Waals surface area contributed by atoms with Crippen LogP contribution in [0.5, 0.6) is 5.75 Å². The van der Waals surface area contributed by atoms with Crippen LogP contribution in [0.4, 0.5) is 0 Å². The van der Waals surface area contributed by atoms with Gasteiger partial charge in [0.15, 0.2) is 0 Å². The van der Waals surface area contributed by atoms with Crippen LogP contribution in [0.15, 0.2) is 71.8 Å². The molecule has 1 nitrogen and oxygen atoms in total. The molecule has 0 N–H and O–H groups in total. The van der Waals surface area contributed by atoms with Crippen LogP contribution in [-0.4, -0.2) is 15.2 Å². The molecule has 2 atom stereocenters. The van der Waals surface area contributed by atoms with Crippen molar-refractivity contribution in [3.05, 3.63) is 144 Å². The third kappa shape index (κ3) is 6.59. The lowest BCUT2D eigenvalue weighted by molar-refractivity contribution is 0.399. The highest BCUT2D eigenvalue weighted by Crippen LogP contribution is 2.61. The molecule has 0 aliphatic heterocycles. The zero-order valence-electron chi connectivity index (χ0n) is 38.2. The van der Waals surface area contributed by atoms with Gasteiger partial charge in [-0.15, -0.1) is 0 Å². The Morgan fingerprint density at radius 1 is 0.586 bits per heavy atom. The van der Waals surface area contributed by atoms with Gasteiger partial charge in [-0.25, -0.2) is 0 Å². The first-order valence-corrected chi connectivity index (χ1v) is 25.1. The Bertz CT molecular complexity index is 2520. The Kier molecular flexibility index (Phi) is 10.0. The van der Waals surface area contributed by atoms with Gasteiger partial charge in [0, 0.05) is 22.2 Å². The first kappa shape index (κ1) is 40.4. The largest absolute Gasteiger partial charge is 0.496 e. The summed E-state index contributed by atoms with van der Waals surface area (Å²) in [5, 5.41) is 0. The van der Waals surface area contributed by atoms with E-state index in [0.717, 1.165) is 18.6 Å². The van der Waals surface area contributed by atoms with Gasteiger partial charge in [0.2, 0.25) is 0 Å². The molecule has 8 rings (SSSR count). The molecule has 5 aromatic rings. The molecule has 3 aliphatic carbocycles.